The van der Waals surface area contributed by atoms with Crippen molar-refractivity contribution in [3.05, 3.63) is 71.5 Å². The zero-order valence-electron chi connectivity index (χ0n) is 19.0. The molecule has 2 N–H and O–H groups in total. The topological polar surface area (TPSA) is 78.3 Å². The molecule has 1 aliphatic heterocycles. The number of carbonyl (C=O) groups excluding carboxylic acids is 1. The molecule has 4 aromatic rings. The van der Waals surface area contributed by atoms with Gasteiger partial charge in [-0.1, -0.05) is 50.2 Å². The first-order chi connectivity index (χ1) is 16.0. The van der Waals surface area contributed by atoms with Crippen LogP contribution in [0.4, 0.5) is 0 Å². The molecule has 1 saturated heterocycles. The van der Waals surface area contributed by atoms with E-state index < -0.39 is 5.97 Å². The van der Waals surface area contributed by atoms with Gasteiger partial charge in [-0.05, 0) is 43.9 Å². The molecular formula is C27H29N3O3. The molecule has 0 bridgehead atoms. The van der Waals surface area contributed by atoms with E-state index in [2.05, 4.69) is 23.7 Å². The van der Waals surface area contributed by atoms with E-state index in [1.807, 2.05) is 48.5 Å². The number of aromatic amines is 1. The number of carboxylic acid groups (broad SMARTS) is 1. The van der Waals surface area contributed by atoms with Crippen LogP contribution in [0.2, 0.25) is 0 Å². The van der Waals surface area contributed by atoms with Gasteiger partial charge in [-0.2, -0.15) is 0 Å². The van der Waals surface area contributed by atoms with Gasteiger partial charge >= 0.3 is 5.97 Å². The van der Waals surface area contributed by atoms with Crippen LogP contribution in [-0.2, 0) is 0 Å². The highest BCUT2D eigenvalue weighted by atomic mass is 16.4. The van der Waals surface area contributed by atoms with Crippen LogP contribution in [0.25, 0.3) is 21.8 Å². The third-order valence-corrected chi connectivity index (χ3v) is 6.98. The number of rotatable bonds is 5. The SMILES string of the molecule is CCC(c1c(C(=O)O)c2ccccc2n1C(=O)c1c[nH]c2ccccc12)N1CCCC(C)C1. The minimum Gasteiger partial charge on any atom is -0.478 e. The Balaban J connectivity index is 1.77. The van der Waals surface area contributed by atoms with Gasteiger partial charge in [0.15, 0.2) is 0 Å². The van der Waals surface area contributed by atoms with Crippen LogP contribution in [-0.4, -0.2) is 44.5 Å². The van der Waals surface area contributed by atoms with E-state index in [1.165, 1.54) is 6.42 Å². The first kappa shape index (κ1) is 21.5. The third kappa shape index (κ3) is 3.55. The molecule has 2 atom stereocenters. The molecule has 2 aromatic carbocycles. The molecule has 2 unspecified atom stereocenters. The summed E-state index contributed by atoms with van der Waals surface area (Å²) in [6, 6.07) is 14.9. The number of likely N-dealkylation sites (tertiary alicyclic amines) is 1. The summed E-state index contributed by atoms with van der Waals surface area (Å²) >= 11 is 0. The van der Waals surface area contributed by atoms with Crippen LogP contribution in [0.15, 0.2) is 54.7 Å². The van der Waals surface area contributed by atoms with Crippen LogP contribution in [0, 0.1) is 5.92 Å². The van der Waals surface area contributed by atoms with Gasteiger partial charge in [0, 0.05) is 29.0 Å². The molecule has 3 heterocycles. The van der Waals surface area contributed by atoms with Crippen molar-refractivity contribution >= 4 is 33.7 Å². The minimum atomic E-state index is -0.991. The van der Waals surface area contributed by atoms with Crippen molar-refractivity contribution in [2.75, 3.05) is 13.1 Å². The third-order valence-electron chi connectivity index (χ3n) is 6.98. The molecule has 33 heavy (non-hydrogen) atoms. The molecule has 0 spiro atoms. The Hall–Kier alpha value is -3.38. The number of aromatic carboxylic acids is 1. The number of aromatic nitrogens is 2. The van der Waals surface area contributed by atoms with Crippen molar-refractivity contribution in [1.82, 2.24) is 14.5 Å². The number of hydrogen-bond acceptors (Lipinski definition) is 3. The predicted molar refractivity (Wildman–Crippen MR) is 130 cm³/mol. The fraction of sp³-hybridized carbons (Fsp3) is 0.333. The van der Waals surface area contributed by atoms with Crippen LogP contribution in [0.5, 0.6) is 0 Å². The average Bonchev–Trinajstić information content (AvgIpc) is 3.39. The molecule has 6 nitrogen and oxygen atoms in total. The van der Waals surface area contributed by atoms with Crippen molar-refractivity contribution in [3.63, 3.8) is 0 Å². The fourth-order valence-corrected chi connectivity index (χ4v) is 5.52. The van der Waals surface area contributed by atoms with Gasteiger partial charge in [0.1, 0.15) is 0 Å². The molecule has 1 fully saturated rings. The quantitative estimate of drug-likeness (QED) is 0.415. The summed E-state index contributed by atoms with van der Waals surface area (Å²) in [5.74, 6) is -0.645. The molecule has 2 aromatic heterocycles. The van der Waals surface area contributed by atoms with E-state index in [9.17, 15) is 14.7 Å². The largest absolute Gasteiger partial charge is 0.478 e. The average molecular weight is 444 g/mol. The first-order valence-corrected chi connectivity index (χ1v) is 11.7. The number of carbonyl (C=O) groups is 2. The van der Waals surface area contributed by atoms with Crippen molar-refractivity contribution in [1.29, 1.82) is 0 Å². The van der Waals surface area contributed by atoms with Gasteiger partial charge in [-0.3, -0.25) is 14.3 Å². The maximum atomic E-state index is 14.1. The number of benzene rings is 2. The van der Waals surface area contributed by atoms with E-state index in [1.54, 1.807) is 10.8 Å². The number of carboxylic acids is 1. The second-order valence-electron chi connectivity index (χ2n) is 9.14. The van der Waals surface area contributed by atoms with E-state index in [0.29, 0.717) is 28.1 Å². The lowest BCUT2D eigenvalue weighted by Gasteiger charge is -2.37. The summed E-state index contributed by atoms with van der Waals surface area (Å²) in [6.45, 7) is 6.13. The summed E-state index contributed by atoms with van der Waals surface area (Å²) in [5.41, 5.74) is 2.91. The van der Waals surface area contributed by atoms with Crippen molar-refractivity contribution < 1.29 is 14.7 Å². The Morgan fingerprint density at radius 2 is 1.85 bits per heavy atom. The van der Waals surface area contributed by atoms with E-state index in [4.69, 9.17) is 0 Å². The van der Waals surface area contributed by atoms with Crippen molar-refractivity contribution in [2.45, 2.75) is 39.2 Å². The van der Waals surface area contributed by atoms with Crippen LogP contribution >= 0.6 is 0 Å². The Morgan fingerprint density at radius 1 is 1.12 bits per heavy atom. The highest BCUT2D eigenvalue weighted by molar-refractivity contribution is 6.14. The molecule has 1 aliphatic rings. The Labute approximate surface area is 192 Å². The summed E-state index contributed by atoms with van der Waals surface area (Å²) < 4.78 is 1.67. The van der Waals surface area contributed by atoms with Crippen molar-refractivity contribution in [3.8, 4) is 0 Å². The number of H-pyrrole nitrogens is 1. The Morgan fingerprint density at radius 3 is 2.58 bits per heavy atom. The molecule has 0 amide bonds. The number of nitrogens with one attached hydrogen (secondary N) is 1. The number of hydrogen-bond donors (Lipinski definition) is 2. The minimum absolute atomic E-state index is 0.152. The van der Waals surface area contributed by atoms with E-state index >= 15 is 0 Å². The second-order valence-corrected chi connectivity index (χ2v) is 9.14. The van der Waals surface area contributed by atoms with E-state index in [-0.39, 0.29) is 17.5 Å². The smallest absolute Gasteiger partial charge is 0.338 e. The molecular weight excluding hydrogens is 414 g/mol. The normalized spacial score (nSPS) is 18.1. The monoisotopic (exact) mass is 443 g/mol. The van der Waals surface area contributed by atoms with Gasteiger partial charge in [0.05, 0.1) is 28.4 Å². The molecule has 5 rings (SSSR count). The molecule has 0 aliphatic carbocycles. The first-order valence-electron chi connectivity index (χ1n) is 11.7. The maximum absolute atomic E-state index is 14.1. The summed E-state index contributed by atoms with van der Waals surface area (Å²) in [5, 5.41) is 11.8. The fourth-order valence-electron chi connectivity index (χ4n) is 5.52. The standard InChI is InChI=1S/C27H29N3O3/c1-3-22(29-14-8-9-17(2)16-29)25-24(27(32)33)19-11-5-7-13-23(19)30(25)26(31)20-15-28-21-12-6-4-10-18(20)21/h4-7,10-13,15,17,22,28H,3,8-9,14,16H2,1-2H3,(H,32,33). The van der Waals surface area contributed by atoms with Gasteiger partial charge < -0.3 is 10.1 Å². The maximum Gasteiger partial charge on any atom is 0.338 e. The lowest BCUT2D eigenvalue weighted by molar-refractivity contribution is 0.0689. The number of piperidine rings is 1. The van der Waals surface area contributed by atoms with Crippen LogP contribution < -0.4 is 0 Å². The molecule has 6 heteroatoms. The number of nitrogens with zero attached hydrogens (tertiary/aromatic N) is 2. The zero-order valence-corrected chi connectivity index (χ0v) is 19.0. The molecule has 0 saturated carbocycles. The Kier molecular flexibility index (Phi) is 5.54. The number of fused-ring (bicyclic) bond motifs is 2. The summed E-state index contributed by atoms with van der Waals surface area (Å²) in [4.78, 5) is 32.2. The Bertz CT molecular complexity index is 1350. The van der Waals surface area contributed by atoms with Gasteiger partial charge in [0.25, 0.3) is 5.91 Å². The van der Waals surface area contributed by atoms with Gasteiger partial charge in [0.2, 0.25) is 0 Å². The number of para-hydroxylation sites is 2. The van der Waals surface area contributed by atoms with Crippen LogP contribution in [0.3, 0.4) is 0 Å². The highest BCUT2D eigenvalue weighted by Crippen LogP contribution is 2.38. The second kappa shape index (κ2) is 8.52. The van der Waals surface area contributed by atoms with Gasteiger partial charge in [-0.25, -0.2) is 4.79 Å². The zero-order chi connectivity index (χ0) is 23.1. The van der Waals surface area contributed by atoms with Crippen LogP contribution in [0.1, 0.15) is 65.6 Å². The lowest BCUT2D eigenvalue weighted by Crippen LogP contribution is -2.39. The lowest BCUT2D eigenvalue weighted by atomic mass is 9.95. The summed E-state index contributed by atoms with van der Waals surface area (Å²) in [7, 11) is 0. The molecule has 0 radical (unpaired) electrons. The van der Waals surface area contributed by atoms with Crippen molar-refractivity contribution in [2.24, 2.45) is 5.92 Å². The summed E-state index contributed by atoms with van der Waals surface area (Å²) in [6.07, 6.45) is 4.72. The molecule has 170 valence electrons. The predicted octanol–water partition coefficient (Wildman–Crippen LogP) is 5.69. The van der Waals surface area contributed by atoms with E-state index in [0.717, 1.165) is 36.8 Å². The highest BCUT2D eigenvalue weighted by Gasteiger charge is 2.34. The van der Waals surface area contributed by atoms with Gasteiger partial charge in [-0.15, -0.1) is 0 Å².